The Morgan fingerprint density at radius 3 is 2.28 bits per heavy atom. The fraction of sp³-hybridized carbons (Fsp3) is 0.692. The van der Waals surface area contributed by atoms with Crippen LogP contribution in [-0.4, -0.2) is 22.2 Å². The van der Waals surface area contributed by atoms with Gasteiger partial charge in [-0.1, -0.05) is 37.0 Å². The van der Waals surface area contributed by atoms with Gasteiger partial charge in [-0.3, -0.25) is 0 Å². The van der Waals surface area contributed by atoms with Crippen LogP contribution < -0.4 is 0 Å². The standard InChI is InChI=1S/C13H16Cl2N2O/c1-6(2)10-11(14)16-13(17-12(10)15)8-5-7-3-4-9(8)18-7/h6-9H,3-5H2,1-2H3. The van der Waals surface area contributed by atoms with Gasteiger partial charge in [0.15, 0.2) is 0 Å². The zero-order valence-electron chi connectivity index (χ0n) is 10.5. The van der Waals surface area contributed by atoms with E-state index in [0.717, 1.165) is 30.7 Å². The lowest BCUT2D eigenvalue weighted by molar-refractivity contribution is 0.0998. The van der Waals surface area contributed by atoms with Crippen molar-refractivity contribution in [3.05, 3.63) is 21.7 Å². The number of hydrogen-bond donors (Lipinski definition) is 0. The van der Waals surface area contributed by atoms with Crippen LogP contribution in [0.2, 0.25) is 10.3 Å². The second-order valence-electron chi connectivity index (χ2n) is 5.45. The summed E-state index contributed by atoms with van der Waals surface area (Å²) in [7, 11) is 0. The van der Waals surface area contributed by atoms with Crippen LogP contribution in [0.1, 0.15) is 56.3 Å². The van der Waals surface area contributed by atoms with E-state index in [1.807, 2.05) is 13.8 Å². The Morgan fingerprint density at radius 2 is 1.83 bits per heavy atom. The Balaban J connectivity index is 1.95. The quantitative estimate of drug-likeness (QED) is 0.773. The summed E-state index contributed by atoms with van der Waals surface area (Å²) >= 11 is 12.5. The van der Waals surface area contributed by atoms with Crippen LogP contribution in [-0.2, 0) is 4.74 Å². The lowest BCUT2D eigenvalue weighted by Gasteiger charge is -2.19. The van der Waals surface area contributed by atoms with E-state index in [-0.39, 0.29) is 17.9 Å². The van der Waals surface area contributed by atoms with E-state index in [4.69, 9.17) is 27.9 Å². The molecule has 0 radical (unpaired) electrons. The maximum absolute atomic E-state index is 6.23. The van der Waals surface area contributed by atoms with Gasteiger partial charge in [0.25, 0.3) is 0 Å². The maximum atomic E-state index is 6.23. The average molecular weight is 287 g/mol. The van der Waals surface area contributed by atoms with Crippen LogP contribution in [0.4, 0.5) is 0 Å². The van der Waals surface area contributed by atoms with Gasteiger partial charge < -0.3 is 4.74 Å². The van der Waals surface area contributed by atoms with Crippen LogP contribution in [0.3, 0.4) is 0 Å². The highest BCUT2D eigenvalue weighted by atomic mass is 35.5. The average Bonchev–Trinajstić information content (AvgIpc) is 2.88. The van der Waals surface area contributed by atoms with Crippen molar-refractivity contribution >= 4 is 23.2 Å². The summed E-state index contributed by atoms with van der Waals surface area (Å²) in [6, 6.07) is 0. The summed E-state index contributed by atoms with van der Waals surface area (Å²) in [4.78, 5) is 8.89. The van der Waals surface area contributed by atoms with Crippen molar-refractivity contribution in [3.8, 4) is 0 Å². The largest absolute Gasteiger partial charge is 0.374 e. The molecule has 2 fully saturated rings. The molecule has 3 rings (SSSR count). The van der Waals surface area contributed by atoms with E-state index in [1.54, 1.807) is 0 Å². The van der Waals surface area contributed by atoms with Gasteiger partial charge >= 0.3 is 0 Å². The summed E-state index contributed by atoms with van der Waals surface area (Å²) in [5.74, 6) is 1.25. The third-order valence-electron chi connectivity index (χ3n) is 3.88. The molecular weight excluding hydrogens is 271 g/mol. The Bertz CT molecular complexity index is 455. The molecule has 3 nitrogen and oxygen atoms in total. The van der Waals surface area contributed by atoms with Crippen LogP contribution in [0, 0.1) is 0 Å². The molecular formula is C13H16Cl2N2O. The fourth-order valence-corrected chi connectivity index (χ4v) is 3.82. The maximum Gasteiger partial charge on any atom is 0.137 e. The first-order chi connectivity index (χ1) is 8.56. The van der Waals surface area contributed by atoms with Crippen LogP contribution in [0.25, 0.3) is 0 Å². The third-order valence-corrected chi connectivity index (χ3v) is 4.46. The summed E-state index contributed by atoms with van der Waals surface area (Å²) in [6.07, 6.45) is 3.89. The number of fused-ring (bicyclic) bond motifs is 2. The summed E-state index contributed by atoms with van der Waals surface area (Å²) in [5.41, 5.74) is 0.839. The first-order valence-corrected chi connectivity index (χ1v) is 7.20. The number of ether oxygens (including phenoxy) is 1. The van der Waals surface area contributed by atoms with Gasteiger partial charge in [0, 0.05) is 11.5 Å². The van der Waals surface area contributed by atoms with Crippen molar-refractivity contribution in [2.75, 3.05) is 0 Å². The van der Waals surface area contributed by atoms with Crippen LogP contribution in [0.5, 0.6) is 0 Å². The van der Waals surface area contributed by atoms with Crippen molar-refractivity contribution in [1.82, 2.24) is 9.97 Å². The van der Waals surface area contributed by atoms with Gasteiger partial charge in [-0.15, -0.1) is 0 Å². The van der Waals surface area contributed by atoms with Gasteiger partial charge in [0.2, 0.25) is 0 Å². The van der Waals surface area contributed by atoms with Crippen LogP contribution >= 0.6 is 23.2 Å². The van der Waals surface area contributed by atoms with E-state index in [1.165, 1.54) is 0 Å². The predicted octanol–water partition coefficient (Wildman–Crippen LogP) is 3.94. The van der Waals surface area contributed by atoms with Gasteiger partial charge in [-0.2, -0.15) is 0 Å². The summed E-state index contributed by atoms with van der Waals surface area (Å²) in [5, 5.41) is 0.977. The molecule has 3 atom stereocenters. The normalized spacial score (nSPS) is 30.4. The zero-order chi connectivity index (χ0) is 12.9. The Hall–Kier alpha value is -0.380. The molecule has 1 aromatic heterocycles. The molecule has 0 N–H and O–H groups in total. The second kappa shape index (κ2) is 4.62. The molecule has 98 valence electrons. The number of aromatic nitrogens is 2. The van der Waals surface area contributed by atoms with Crippen molar-refractivity contribution in [3.63, 3.8) is 0 Å². The van der Waals surface area contributed by atoms with Crippen molar-refractivity contribution in [2.24, 2.45) is 0 Å². The van der Waals surface area contributed by atoms with Crippen molar-refractivity contribution < 1.29 is 4.74 Å². The zero-order valence-corrected chi connectivity index (χ0v) is 12.0. The molecule has 2 bridgehead atoms. The molecule has 0 saturated carbocycles. The number of hydrogen-bond acceptors (Lipinski definition) is 3. The molecule has 0 aromatic carbocycles. The van der Waals surface area contributed by atoms with E-state index in [0.29, 0.717) is 16.4 Å². The number of nitrogens with zero attached hydrogens (tertiary/aromatic N) is 2. The first kappa shape index (κ1) is 12.6. The number of halogens is 2. The van der Waals surface area contributed by atoms with Gasteiger partial charge in [0.1, 0.15) is 16.1 Å². The molecule has 1 aromatic rings. The highest BCUT2D eigenvalue weighted by Gasteiger charge is 2.43. The predicted molar refractivity (Wildman–Crippen MR) is 71.4 cm³/mol. The monoisotopic (exact) mass is 286 g/mol. The highest BCUT2D eigenvalue weighted by Crippen LogP contribution is 2.44. The highest BCUT2D eigenvalue weighted by molar-refractivity contribution is 6.34. The third kappa shape index (κ3) is 2.02. The first-order valence-electron chi connectivity index (χ1n) is 6.44. The second-order valence-corrected chi connectivity index (χ2v) is 6.16. The van der Waals surface area contributed by atoms with Gasteiger partial charge in [-0.05, 0) is 25.2 Å². The van der Waals surface area contributed by atoms with Crippen LogP contribution in [0.15, 0.2) is 0 Å². The minimum absolute atomic E-state index is 0.232. The van der Waals surface area contributed by atoms with E-state index in [2.05, 4.69) is 9.97 Å². The molecule has 0 amide bonds. The lowest BCUT2D eigenvalue weighted by Crippen LogP contribution is -2.18. The molecule has 2 aliphatic rings. The SMILES string of the molecule is CC(C)c1c(Cl)nc(C2CC3CCC2O3)nc1Cl. The summed E-state index contributed by atoms with van der Waals surface area (Å²) in [6.45, 7) is 4.08. The smallest absolute Gasteiger partial charge is 0.137 e. The summed E-state index contributed by atoms with van der Waals surface area (Å²) < 4.78 is 5.83. The molecule has 18 heavy (non-hydrogen) atoms. The van der Waals surface area contributed by atoms with Crippen molar-refractivity contribution in [1.29, 1.82) is 0 Å². The Labute approximate surface area is 117 Å². The molecule has 0 spiro atoms. The molecule has 3 unspecified atom stereocenters. The minimum Gasteiger partial charge on any atom is -0.374 e. The van der Waals surface area contributed by atoms with Gasteiger partial charge in [0.05, 0.1) is 12.2 Å². The molecule has 2 saturated heterocycles. The lowest BCUT2D eigenvalue weighted by atomic mass is 9.88. The molecule has 5 heteroatoms. The topological polar surface area (TPSA) is 35.0 Å². The Morgan fingerprint density at radius 1 is 1.17 bits per heavy atom. The van der Waals surface area contributed by atoms with Gasteiger partial charge in [-0.25, -0.2) is 9.97 Å². The molecule has 2 aliphatic heterocycles. The van der Waals surface area contributed by atoms with E-state index < -0.39 is 0 Å². The minimum atomic E-state index is 0.232. The molecule has 3 heterocycles. The Kier molecular flexibility index (Phi) is 3.25. The fourth-order valence-electron chi connectivity index (χ4n) is 2.98. The van der Waals surface area contributed by atoms with E-state index >= 15 is 0 Å². The molecule has 0 aliphatic carbocycles. The number of rotatable bonds is 2. The van der Waals surface area contributed by atoms with E-state index in [9.17, 15) is 0 Å². The van der Waals surface area contributed by atoms with Crippen molar-refractivity contribution in [2.45, 2.75) is 57.2 Å².